The Kier molecular flexibility index (Phi) is 2.00. The van der Waals surface area contributed by atoms with Crippen molar-refractivity contribution in [2.24, 2.45) is 0 Å². The summed E-state index contributed by atoms with van der Waals surface area (Å²) in [5.74, 6) is 0.655. The normalized spacial score (nSPS) is 9.92. The van der Waals surface area contributed by atoms with Crippen molar-refractivity contribution in [2.75, 3.05) is 12.4 Å². The van der Waals surface area contributed by atoms with E-state index in [1.54, 1.807) is 12.5 Å². The Hall–Kier alpha value is -1.77. The highest BCUT2D eigenvalue weighted by molar-refractivity contribution is 5.58. The molecule has 0 atom stereocenters. The number of hydrogen-bond donors (Lipinski definition) is 1. The molecule has 0 spiro atoms. The molecular weight excluding hydrogens is 164 g/mol. The van der Waals surface area contributed by atoms with E-state index in [9.17, 15) is 0 Å². The van der Waals surface area contributed by atoms with Crippen LogP contribution in [0.3, 0.4) is 0 Å². The van der Waals surface area contributed by atoms with Crippen LogP contribution in [0.5, 0.6) is 0 Å². The SMILES string of the molecule is CNc1ccc(-c2ncco2)cc1. The molecule has 1 N–H and O–H groups in total. The Morgan fingerprint density at radius 2 is 2.00 bits per heavy atom. The minimum Gasteiger partial charge on any atom is -0.445 e. The Balaban J connectivity index is 2.33. The van der Waals surface area contributed by atoms with Gasteiger partial charge in [-0.25, -0.2) is 4.98 Å². The van der Waals surface area contributed by atoms with Gasteiger partial charge in [-0.15, -0.1) is 0 Å². The van der Waals surface area contributed by atoms with Gasteiger partial charge in [0.1, 0.15) is 6.26 Å². The van der Waals surface area contributed by atoms with Crippen LogP contribution in [0, 0.1) is 0 Å². The second-order valence-electron chi connectivity index (χ2n) is 2.66. The third kappa shape index (κ3) is 1.54. The minimum atomic E-state index is 0.655. The summed E-state index contributed by atoms with van der Waals surface area (Å²) in [5.41, 5.74) is 2.07. The molecule has 66 valence electrons. The molecule has 2 rings (SSSR count). The van der Waals surface area contributed by atoms with Gasteiger partial charge >= 0.3 is 0 Å². The predicted octanol–water partition coefficient (Wildman–Crippen LogP) is 2.38. The van der Waals surface area contributed by atoms with Gasteiger partial charge in [-0.05, 0) is 24.3 Å². The first kappa shape index (κ1) is 7.86. The van der Waals surface area contributed by atoms with E-state index in [4.69, 9.17) is 4.42 Å². The summed E-state index contributed by atoms with van der Waals surface area (Å²) in [7, 11) is 1.89. The summed E-state index contributed by atoms with van der Waals surface area (Å²) in [6.07, 6.45) is 3.21. The van der Waals surface area contributed by atoms with Crippen LogP contribution in [0.4, 0.5) is 5.69 Å². The van der Waals surface area contributed by atoms with Gasteiger partial charge in [0.25, 0.3) is 0 Å². The monoisotopic (exact) mass is 174 g/mol. The van der Waals surface area contributed by atoms with E-state index >= 15 is 0 Å². The zero-order chi connectivity index (χ0) is 9.10. The van der Waals surface area contributed by atoms with Gasteiger partial charge in [-0.2, -0.15) is 0 Å². The van der Waals surface area contributed by atoms with Gasteiger partial charge in [0.05, 0.1) is 6.20 Å². The largest absolute Gasteiger partial charge is 0.445 e. The summed E-state index contributed by atoms with van der Waals surface area (Å²) >= 11 is 0. The van der Waals surface area contributed by atoms with E-state index in [0.717, 1.165) is 11.3 Å². The molecule has 13 heavy (non-hydrogen) atoms. The van der Waals surface area contributed by atoms with Gasteiger partial charge in [-0.3, -0.25) is 0 Å². The number of benzene rings is 1. The Bertz CT molecular complexity index is 364. The molecule has 3 heteroatoms. The zero-order valence-electron chi connectivity index (χ0n) is 7.32. The maximum Gasteiger partial charge on any atom is 0.225 e. The molecule has 0 unspecified atom stereocenters. The zero-order valence-corrected chi connectivity index (χ0v) is 7.32. The molecule has 2 aromatic rings. The van der Waals surface area contributed by atoms with Gasteiger partial charge < -0.3 is 9.73 Å². The third-order valence-electron chi connectivity index (χ3n) is 1.85. The van der Waals surface area contributed by atoms with E-state index in [0.29, 0.717) is 5.89 Å². The number of anilines is 1. The van der Waals surface area contributed by atoms with Crippen molar-refractivity contribution in [3.8, 4) is 11.5 Å². The molecule has 1 heterocycles. The van der Waals surface area contributed by atoms with Gasteiger partial charge in [-0.1, -0.05) is 0 Å². The molecule has 0 radical (unpaired) electrons. The van der Waals surface area contributed by atoms with Crippen LogP contribution in [0.1, 0.15) is 0 Å². The number of nitrogens with one attached hydrogen (secondary N) is 1. The molecule has 0 aliphatic rings. The standard InChI is InChI=1S/C10H10N2O/c1-11-9-4-2-8(3-5-9)10-12-6-7-13-10/h2-7,11H,1H3. The molecular formula is C10H10N2O. The van der Waals surface area contributed by atoms with Crippen molar-refractivity contribution >= 4 is 5.69 Å². The minimum absolute atomic E-state index is 0.655. The van der Waals surface area contributed by atoms with E-state index in [1.807, 2.05) is 31.3 Å². The topological polar surface area (TPSA) is 38.1 Å². The third-order valence-corrected chi connectivity index (χ3v) is 1.85. The lowest BCUT2D eigenvalue weighted by atomic mass is 10.2. The van der Waals surface area contributed by atoms with Crippen molar-refractivity contribution < 1.29 is 4.42 Å². The fraction of sp³-hybridized carbons (Fsp3) is 0.100. The molecule has 0 aliphatic carbocycles. The maximum absolute atomic E-state index is 5.16. The highest BCUT2D eigenvalue weighted by atomic mass is 16.3. The second kappa shape index (κ2) is 3.31. The van der Waals surface area contributed by atoms with Crippen molar-refractivity contribution in [3.05, 3.63) is 36.7 Å². The lowest BCUT2D eigenvalue weighted by Crippen LogP contribution is -1.86. The Labute approximate surface area is 76.4 Å². The fourth-order valence-corrected chi connectivity index (χ4v) is 1.15. The molecule has 0 amide bonds. The molecule has 1 aromatic carbocycles. The quantitative estimate of drug-likeness (QED) is 0.759. The van der Waals surface area contributed by atoms with Crippen LogP contribution in [0.15, 0.2) is 41.1 Å². The average molecular weight is 174 g/mol. The fourth-order valence-electron chi connectivity index (χ4n) is 1.15. The molecule has 0 aliphatic heterocycles. The van der Waals surface area contributed by atoms with E-state index in [-0.39, 0.29) is 0 Å². The van der Waals surface area contributed by atoms with Crippen molar-refractivity contribution in [3.63, 3.8) is 0 Å². The summed E-state index contributed by atoms with van der Waals surface area (Å²) in [4.78, 5) is 4.05. The number of aromatic nitrogens is 1. The van der Waals surface area contributed by atoms with E-state index in [2.05, 4.69) is 10.3 Å². The van der Waals surface area contributed by atoms with Crippen LogP contribution in [-0.4, -0.2) is 12.0 Å². The van der Waals surface area contributed by atoms with E-state index < -0.39 is 0 Å². The van der Waals surface area contributed by atoms with Crippen LogP contribution < -0.4 is 5.32 Å². The van der Waals surface area contributed by atoms with Crippen LogP contribution in [0.2, 0.25) is 0 Å². The summed E-state index contributed by atoms with van der Waals surface area (Å²) < 4.78 is 5.16. The average Bonchev–Trinajstić information content (AvgIpc) is 2.71. The van der Waals surface area contributed by atoms with E-state index in [1.165, 1.54) is 0 Å². The summed E-state index contributed by atoms with van der Waals surface area (Å²) in [6.45, 7) is 0. The van der Waals surface area contributed by atoms with Gasteiger partial charge in [0.15, 0.2) is 0 Å². The number of nitrogens with zero attached hydrogens (tertiary/aromatic N) is 1. The van der Waals surface area contributed by atoms with Crippen molar-refractivity contribution in [2.45, 2.75) is 0 Å². The predicted molar refractivity (Wildman–Crippen MR) is 51.5 cm³/mol. The first-order valence-electron chi connectivity index (χ1n) is 4.08. The number of oxazole rings is 1. The highest BCUT2D eigenvalue weighted by Gasteiger charge is 2.00. The summed E-state index contributed by atoms with van der Waals surface area (Å²) in [6, 6.07) is 7.91. The second-order valence-corrected chi connectivity index (χ2v) is 2.66. The molecule has 0 fully saturated rings. The Morgan fingerprint density at radius 1 is 1.23 bits per heavy atom. The maximum atomic E-state index is 5.16. The first-order valence-corrected chi connectivity index (χ1v) is 4.08. The van der Waals surface area contributed by atoms with Gasteiger partial charge in [0, 0.05) is 18.3 Å². The first-order chi connectivity index (χ1) is 6.40. The molecule has 0 saturated heterocycles. The molecule has 3 nitrogen and oxygen atoms in total. The van der Waals surface area contributed by atoms with Crippen molar-refractivity contribution in [1.29, 1.82) is 0 Å². The van der Waals surface area contributed by atoms with Crippen LogP contribution in [-0.2, 0) is 0 Å². The lowest BCUT2D eigenvalue weighted by molar-refractivity contribution is 0.574. The van der Waals surface area contributed by atoms with Crippen LogP contribution in [0.25, 0.3) is 11.5 Å². The number of hydrogen-bond acceptors (Lipinski definition) is 3. The van der Waals surface area contributed by atoms with Gasteiger partial charge in [0.2, 0.25) is 5.89 Å². The molecule has 1 aromatic heterocycles. The highest BCUT2D eigenvalue weighted by Crippen LogP contribution is 2.18. The molecule has 0 bridgehead atoms. The molecule has 0 saturated carbocycles. The smallest absolute Gasteiger partial charge is 0.225 e. The Morgan fingerprint density at radius 3 is 2.54 bits per heavy atom. The number of rotatable bonds is 2. The summed E-state index contributed by atoms with van der Waals surface area (Å²) in [5, 5.41) is 3.05. The lowest BCUT2D eigenvalue weighted by Gasteiger charge is -1.99. The van der Waals surface area contributed by atoms with Crippen molar-refractivity contribution in [1.82, 2.24) is 4.98 Å². The van der Waals surface area contributed by atoms with Crippen LogP contribution >= 0.6 is 0 Å².